The molecule has 2 atom stereocenters. The van der Waals surface area contributed by atoms with Crippen LogP contribution in [0, 0.1) is 0 Å². The van der Waals surface area contributed by atoms with Crippen molar-refractivity contribution in [3.8, 4) is 33.4 Å². The maximum Gasteiger partial charge on any atom is 0.159 e. The molecule has 0 spiro atoms. The van der Waals surface area contributed by atoms with Gasteiger partial charge in [-0.05, 0) is 90.0 Å². The Bertz CT molecular complexity index is 2810. The first-order valence-corrected chi connectivity index (χ1v) is 19.2. The number of fused-ring (bicyclic) bond motifs is 4. The molecule has 0 aromatic heterocycles. The van der Waals surface area contributed by atoms with Gasteiger partial charge in [0.25, 0.3) is 0 Å². The summed E-state index contributed by atoms with van der Waals surface area (Å²) in [5.41, 5.74) is 13.1. The highest BCUT2D eigenvalue weighted by atomic mass is 15.2. The summed E-state index contributed by atoms with van der Waals surface area (Å²) < 4.78 is 0. The molecule has 0 radical (unpaired) electrons. The number of nitrogens with one attached hydrogen (secondary N) is 1. The lowest BCUT2D eigenvalue weighted by Gasteiger charge is -2.25. The van der Waals surface area contributed by atoms with Gasteiger partial charge in [0.1, 0.15) is 12.0 Å². The average molecular weight is 706 g/mol. The van der Waals surface area contributed by atoms with Crippen molar-refractivity contribution in [3.05, 3.63) is 210 Å². The summed E-state index contributed by atoms with van der Waals surface area (Å²) in [5.74, 6) is 1.97. The number of hydrogen-bond acceptors (Lipinski definition) is 3. The third kappa shape index (κ3) is 5.95. The topological polar surface area (TPSA) is 36.8 Å². The first-order chi connectivity index (χ1) is 27.2. The molecule has 1 heterocycles. The lowest BCUT2D eigenvalue weighted by Crippen LogP contribution is -2.33. The minimum absolute atomic E-state index is 0.286. The molecular weight excluding hydrogens is 667 g/mol. The normalized spacial score (nSPS) is 16.3. The highest BCUT2D eigenvalue weighted by Crippen LogP contribution is 2.45. The van der Waals surface area contributed by atoms with E-state index in [1.807, 2.05) is 6.07 Å². The van der Waals surface area contributed by atoms with E-state index in [0.717, 1.165) is 45.6 Å². The molecule has 2 aliphatic rings. The van der Waals surface area contributed by atoms with E-state index in [0.29, 0.717) is 11.8 Å². The number of rotatable bonds is 6. The van der Waals surface area contributed by atoms with Crippen LogP contribution in [0.4, 0.5) is 0 Å². The molecule has 1 aliphatic heterocycles. The summed E-state index contributed by atoms with van der Waals surface area (Å²) in [6.07, 6.45) is 5.42. The van der Waals surface area contributed by atoms with E-state index in [4.69, 9.17) is 9.98 Å². The van der Waals surface area contributed by atoms with Crippen molar-refractivity contribution in [2.24, 2.45) is 9.98 Å². The van der Waals surface area contributed by atoms with Gasteiger partial charge < -0.3 is 5.32 Å². The van der Waals surface area contributed by atoms with Gasteiger partial charge in [0, 0.05) is 11.1 Å². The zero-order valence-corrected chi connectivity index (χ0v) is 30.7. The Kier molecular flexibility index (Phi) is 8.26. The number of allylic oxidation sites excluding steroid dienone is 1. The number of aliphatic imine (C=N–C) groups is 2. The molecule has 0 bridgehead atoms. The van der Waals surface area contributed by atoms with Crippen LogP contribution in [-0.2, 0) is 0 Å². The summed E-state index contributed by atoms with van der Waals surface area (Å²) >= 11 is 0. The van der Waals surface area contributed by atoms with Crippen LogP contribution in [-0.4, -0.2) is 11.7 Å². The lowest BCUT2D eigenvalue weighted by molar-refractivity contribution is 0.674. The second-order valence-electron chi connectivity index (χ2n) is 14.6. The molecular formula is C52H39N3. The summed E-state index contributed by atoms with van der Waals surface area (Å²) in [6.45, 7) is 2.35. The molecule has 3 nitrogen and oxygen atoms in total. The second-order valence-corrected chi connectivity index (χ2v) is 14.6. The highest BCUT2D eigenvalue weighted by Gasteiger charge is 2.24. The van der Waals surface area contributed by atoms with E-state index in [9.17, 15) is 0 Å². The van der Waals surface area contributed by atoms with Crippen molar-refractivity contribution in [1.29, 1.82) is 0 Å². The molecule has 2 unspecified atom stereocenters. The Labute approximate surface area is 322 Å². The van der Waals surface area contributed by atoms with Crippen molar-refractivity contribution in [2.75, 3.05) is 0 Å². The minimum atomic E-state index is -0.286. The van der Waals surface area contributed by atoms with Crippen LogP contribution in [0.1, 0.15) is 53.2 Å². The molecule has 3 heteroatoms. The Balaban J connectivity index is 1.12. The molecule has 262 valence electrons. The van der Waals surface area contributed by atoms with Gasteiger partial charge in [-0.1, -0.05) is 189 Å². The van der Waals surface area contributed by atoms with Crippen LogP contribution in [0.25, 0.3) is 61.0 Å². The van der Waals surface area contributed by atoms with Crippen molar-refractivity contribution in [1.82, 2.24) is 5.32 Å². The monoisotopic (exact) mass is 705 g/mol. The van der Waals surface area contributed by atoms with E-state index >= 15 is 0 Å². The smallest absolute Gasteiger partial charge is 0.159 e. The first-order valence-electron chi connectivity index (χ1n) is 19.2. The Morgan fingerprint density at radius 1 is 0.527 bits per heavy atom. The molecule has 0 amide bonds. The summed E-state index contributed by atoms with van der Waals surface area (Å²) in [6, 6.07) is 63.0. The van der Waals surface area contributed by atoms with Crippen LogP contribution in [0.2, 0.25) is 0 Å². The molecule has 0 saturated carbocycles. The minimum Gasteiger partial charge on any atom is -0.344 e. The molecule has 1 aliphatic carbocycles. The zero-order valence-electron chi connectivity index (χ0n) is 30.7. The van der Waals surface area contributed by atoms with Crippen LogP contribution in [0.3, 0.4) is 0 Å². The van der Waals surface area contributed by atoms with Gasteiger partial charge in [0.15, 0.2) is 5.84 Å². The number of amidine groups is 2. The number of benzene rings is 8. The maximum atomic E-state index is 5.23. The van der Waals surface area contributed by atoms with Crippen molar-refractivity contribution in [2.45, 2.75) is 25.4 Å². The quantitative estimate of drug-likeness (QED) is 0.184. The lowest BCUT2D eigenvalue weighted by atomic mass is 9.80. The van der Waals surface area contributed by atoms with Gasteiger partial charge in [0.05, 0.1) is 0 Å². The van der Waals surface area contributed by atoms with Crippen molar-refractivity contribution >= 4 is 39.3 Å². The fraction of sp³-hybridized carbons (Fsp3) is 0.0769. The molecule has 55 heavy (non-hydrogen) atoms. The second kappa shape index (κ2) is 13.9. The predicted molar refractivity (Wildman–Crippen MR) is 232 cm³/mol. The van der Waals surface area contributed by atoms with Gasteiger partial charge >= 0.3 is 0 Å². The first kappa shape index (κ1) is 32.8. The average Bonchev–Trinajstić information content (AvgIpc) is 3.26. The summed E-state index contributed by atoms with van der Waals surface area (Å²) in [7, 11) is 0. The molecule has 1 N–H and O–H groups in total. The van der Waals surface area contributed by atoms with Crippen LogP contribution in [0.5, 0.6) is 0 Å². The van der Waals surface area contributed by atoms with E-state index in [-0.39, 0.29) is 6.17 Å². The Hall–Kier alpha value is -6.84. The van der Waals surface area contributed by atoms with Crippen molar-refractivity contribution < 1.29 is 0 Å². The Morgan fingerprint density at radius 2 is 1.18 bits per heavy atom. The van der Waals surface area contributed by atoms with E-state index < -0.39 is 0 Å². The van der Waals surface area contributed by atoms with E-state index in [2.05, 4.69) is 194 Å². The molecule has 0 fully saturated rings. The molecule has 10 rings (SSSR count). The van der Waals surface area contributed by atoms with Crippen LogP contribution >= 0.6 is 0 Å². The third-order valence-electron chi connectivity index (χ3n) is 11.2. The van der Waals surface area contributed by atoms with Crippen LogP contribution in [0.15, 0.2) is 192 Å². The SMILES string of the molecule is CC1CC=Cc2c1cc(-c1ccc3ccccc3c1-c1ccc(C3=NC(c4ccccc4)NC(c4ccccc4-c4ccccc4)=N3)cc1)c1ccccc21. The maximum absolute atomic E-state index is 5.23. The van der Waals surface area contributed by atoms with Crippen LogP contribution < -0.4 is 5.32 Å². The zero-order chi connectivity index (χ0) is 36.7. The molecule has 8 aromatic carbocycles. The molecule has 8 aromatic rings. The van der Waals surface area contributed by atoms with E-state index in [1.165, 1.54) is 49.4 Å². The number of hydrogen-bond donors (Lipinski definition) is 1. The largest absolute Gasteiger partial charge is 0.344 e. The number of nitrogens with zero attached hydrogens (tertiary/aromatic N) is 2. The fourth-order valence-electron chi connectivity index (χ4n) is 8.43. The summed E-state index contributed by atoms with van der Waals surface area (Å²) in [4.78, 5) is 10.4. The standard InChI is InChI=1S/C52H39N3/c1-34-15-14-26-43-42-23-11-12-24-44(42)48(33-47(34)43)45-32-31-36-18-8-9-22-41(36)49(45)37-27-29-39(30-28-37)51-53-50(38-19-6-3-7-20-38)54-52(55-51)46-25-13-10-21-40(46)35-16-4-2-5-17-35/h2-14,16-34,50H,15H2,1H3,(H,53,54,55). The summed E-state index contributed by atoms with van der Waals surface area (Å²) in [5, 5.41) is 8.73. The molecule has 0 saturated heterocycles. The Morgan fingerprint density at radius 3 is 1.98 bits per heavy atom. The fourth-order valence-corrected chi connectivity index (χ4v) is 8.43. The van der Waals surface area contributed by atoms with Crippen molar-refractivity contribution in [3.63, 3.8) is 0 Å². The predicted octanol–water partition coefficient (Wildman–Crippen LogP) is 13.0. The van der Waals surface area contributed by atoms with Gasteiger partial charge in [-0.25, -0.2) is 9.98 Å². The highest BCUT2D eigenvalue weighted by molar-refractivity contribution is 6.16. The van der Waals surface area contributed by atoms with Gasteiger partial charge in [-0.2, -0.15) is 0 Å². The van der Waals surface area contributed by atoms with E-state index in [1.54, 1.807) is 0 Å². The van der Waals surface area contributed by atoms with Gasteiger partial charge in [-0.15, -0.1) is 0 Å². The van der Waals surface area contributed by atoms with Gasteiger partial charge in [0.2, 0.25) is 0 Å². The van der Waals surface area contributed by atoms with Gasteiger partial charge in [-0.3, -0.25) is 0 Å². The third-order valence-corrected chi connectivity index (χ3v) is 11.2.